The number of aliphatic carboxylic acids is 4. The Bertz CT molecular complexity index is 355. The molecule has 0 bridgehead atoms. The van der Waals surface area contributed by atoms with Crippen molar-refractivity contribution in [3.05, 3.63) is 0 Å². The van der Waals surface area contributed by atoms with Crippen LogP contribution in [0.3, 0.4) is 0 Å². The molecule has 19 heavy (non-hydrogen) atoms. The lowest BCUT2D eigenvalue weighted by Gasteiger charge is -2.25. The van der Waals surface area contributed by atoms with Gasteiger partial charge in [0, 0.05) is 5.75 Å². The van der Waals surface area contributed by atoms with Crippen LogP contribution >= 0.6 is 11.8 Å². The smallest absolute Gasteiger partial charge is 0.321 e. The molecule has 0 aliphatic rings. The molecule has 0 aromatic carbocycles. The lowest BCUT2D eigenvalue weighted by atomic mass is 10.2. The minimum Gasteiger partial charge on any atom is -0.481 e. The molecule has 108 valence electrons. The van der Waals surface area contributed by atoms with Gasteiger partial charge in [0.2, 0.25) is 0 Å². The number of carboxylic acids is 4. The Kier molecular flexibility index (Phi) is 7.53. The Hall–Kier alpha value is -1.81. The van der Waals surface area contributed by atoms with Gasteiger partial charge >= 0.3 is 23.9 Å². The minimum absolute atomic E-state index is 0.220. The molecule has 0 saturated heterocycles. The van der Waals surface area contributed by atoms with Gasteiger partial charge in [-0.05, 0) is 0 Å². The third-order valence-electron chi connectivity index (χ3n) is 1.90. The van der Waals surface area contributed by atoms with Crippen molar-refractivity contribution in [2.45, 2.75) is 6.04 Å². The molecule has 4 N–H and O–H groups in total. The molecule has 0 heterocycles. The summed E-state index contributed by atoms with van der Waals surface area (Å²) in [7, 11) is 0. The Morgan fingerprint density at radius 1 is 0.895 bits per heavy atom. The summed E-state index contributed by atoms with van der Waals surface area (Å²) in [6.07, 6.45) is 0. The van der Waals surface area contributed by atoms with Gasteiger partial charge in [-0.2, -0.15) is 0 Å². The molecule has 10 heteroatoms. The maximum Gasteiger partial charge on any atom is 0.321 e. The fourth-order valence-electron chi connectivity index (χ4n) is 1.21. The zero-order valence-corrected chi connectivity index (χ0v) is 10.5. The van der Waals surface area contributed by atoms with Crippen LogP contribution in [0.4, 0.5) is 0 Å². The number of rotatable bonds is 10. The van der Waals surface area contributed by atoms with E-state index in [1.807, 2.05) is 0 Å². The predicted molar refractivity (Wildman–Crippen MR) is 63.2 cm³/mol. The van der Waals surface area contributed by atoms with Crippen molar-refractivity contribution in [2.75, 3.05) is 24.6 Å². The van der Waals surface area contributed by atoms with Crippen LogP contribution in [0.25, 0.3) is 0 Å². The fourth-order valence-corrected chi connectivity index (χ4v) is 2.08. The zero-order valence-electron chi connectivity index (χ0n) is 9.68. The quantitative estimate of drug-likeness (QED) is 0.383. The third-order valence-corrected chi connectivity index (χ3v) is 2.91. The lowest BCUT2D eigenvalue weighted by Crippen LogP contribution is -2.48. The SMILES string of the molecule is O=C(O)CSC[C@@H](C(=O)O)N(CC(=O)O)CC(=O)O. The highest BCUT2D eigenvalue weighted by Gasteiger charge is 2.29. The zero-order chi connectivity index (χ0) is 15.0. The standard InChI is InChI=1S/C9H13NO8S/c11-6(12)1-10(2-7(13)14)5(9(17)18)3-19-4-8(15)16/h5H,1-4H2,(H,11,12)(H,13,14)(H,15,16)(H,17,18)/t5-/m0/s1. The van der Waals surface area contributed by atoms with Crippen LogP contribution in [-0.4, -0.2) is 79.8 Å². The first-order valence-corrected chi connectivity index (χ1v) is 6.09. The van der Waals surface area contributed by atoms with Gasteiger partial charge in [0.1, 0.15) is 6.04 Å². The molecule has 0 saturated carbocycles. The molecule has 0 rings (SSSR count). The van der Waals surface area contributed by atoms with Crippen molar-refractivity contribution in [2.24, 2.45) is 0 Å². The van der Waals surface area contributed by atoms with E-state index in [-0.39, 0.29) is 11.5 Å². The lowest BCUT2D eigenvalue weighted by molar-refractivity contribution is -0.148. The number of hydrogen-bond donors (Lipinski definition) is 4. The van der Waals surface area contributed by atoms with Crippen LogP contribution in [-0.2, 0) is 19.2 Å². The molecule has 0 aliphatic heterocycles. The van der Waals surface area contributed by atoms with Crippen molar-refractivity contribution in [1.82, 2.24) is 4.90 Å². The molecule has 0 amide bonds. The van der Waals surface area contributed by atoms with Crippen LogP contribution in [0.2, 0.25) is 0 Å². The van der Waals surface area contributed by atoms with E-state index in [0.717, 1.165) is 16.7 Å². The maximum absolute atomic E-state index is 11.0. The molecule has 0 radical (unpaired) electrons. The van der Waals surface area contributed by atoms with Crippen LogP contribution in [0.1, 0.15) is 0 Å². The molecular formula is C9H13NO8S. The van der Waals surface area contributed by atoms with Crippen molar-refractivity contribution in [1.29, 1.82) is 0 Å². The van der Waals surface area contributed by atoms with E-state index in [1.165, 1.54) is 0 Å². The number of carbonyl (C=O) groups is 4. The Balaban J connectivity index is 4.73. The van der Waals surface area contributed by atoms with E-state index in [2.05, 4.69) is 0 Å². The average molecular weight is 295 g/mol. The fraction of sp³-hybridized carbons (Fsp3) is 0.556. The van der Waals surface area contributed by atoms with Crippen molar-refractivity contribution >= 4 is 35.6 Å². The number of hydrogen-bond acceptors (Lipinski definition) is 6. The van der Waals surface area contributed by atoms with E-state index in [9.17, 15) is 19.2 Å². The van der Waals surface area contributed by atoms with Crippen molar-refractivity contribution in [3.8, 4) is 0 Å². The van der Waals surface area contributed by atoms with Crippen LogP contribution in [0.5, 0.6) is 0 Å². The van der Waals surface area contributed by atoms with Crippen LogP contribution in [0.15, 0.2) is 0 Å². The molecule has 0 spiro atoms. The molecule has 0 aromatic heterocycles. The summed E-state index contributed by atoms with van der Waals surface area (Å²) in [5.74, 6) is -5.84. The molecule has 0 aliphatic carbocycles. The van der Waals surface area contributed by atoms with Gasteiger partial charge in [-0.1, -0.05) is 0 Å². The molecule has 0 unspecified atom stereocenters. The van der Waals surface area contributed by atoms with E-state index >= 15 is 0 Å². The first kappa shape index (κ1) is 17.2. The monoisotopic (exact) mass is 295 g/mol. The van der Waals surface area contributed by atoms with E-state index in [4.69, 9.17) is 20.4 Å². The topological polar surface area (TPSA) is 152 Å². The third kappa shape index (κ3) is 8.00. The molecule has 9 nitrogen and oxygen atoms in total. The van der Waals surface area contributed by atoms with Gasteiger partial charge in [-0.3, -0.25) is 24.1 Å². The largest absolute Gasteiger partial charge is 0.481 e. The average Bonchev–Trinajstić information content (AvgIpc) is 2.21. The summed E-state index contributed by atoms with van der Waals surface area (Å²) in [4.78, 5) is 43.2. The summed E-state index contributed by atoms with van der Waals surface area (Å²) in [6.45, 7) is -1.51. The van der Waals surface area contributed by atoms with Gasteiger partial charge in [0.05, 0.1) is 18.8 Å². The summed E-state index contributed by atoms with van der Waals surface area (Å²) in [5.41, 5.74) is 0. The van der Waals surface area contributed by atoms with Gasteiger partial charge in [-0.25, -0.2) is 0 Å². The van der Waals surface area contributed by atoms with Gasteiger partial charge in [-0.15, -0.1) is 11.8 Å². The van der Waals surface area contributed by atoms with Crippen molar-refractivity contribution < 1.29 is 39.6 Å². The van der Waals surface area contributed by atoms with E-state index < -0.39 is 43.0 Å². The maximum atomic E-state index is 11.0. The Morgan fingerprint density at radius 2 is 1.37 bits per heavy atom. The molecule has 0 fully saturated rings. The second kappa shape index (κ2) is 8.32. The highest BCUT2D eigenvalue weighted by Crippen LogP contribution is 2.09. The number of carboxylic acid groups (broad SMARTS) is 4. The Morgan fingerprint density at radius 3 is 1.68 bits per heavy atom. The van der Waals surface area contributed by atoms with Crippen molar-refractivity contribution in [3.63, 3.8) is 0 Å². The van der Waals surface area contributed by atoms with E-state index in [1.54, 1.807) is 0 Å². The molecule has 1 atom stereocenters. The predicted octanol–water partition coefficient (Wildman–Crippen LogP) is -1.27. The van der Waals surface area contributed by atoms with Crippen LogP contribution in [0, 0.1) is 0 Å². The molecule has 0 aromatic rings. The van der Waals surface area contributed by atoms with E-state index in [0.29, 0.717) is 0 Å². The normalized spacial score (nSPS) is 12.1. The summed E-state index contributed by atoms with van der Waals surface area (Å²) < 4.78 is 0. The second-order valence-corrected chi connectivity index (χ2v) is 4.49. The van der Waals surface area contributed by atoms with Gasteiger partial charge < -0.3 is 20.4 Å². The van der Waals surface area contributed by atoms with Gasteiger partial charge in [0.15, 0.2) is 0 Å². The first-order chi connectivity index (χ1) is 8.73. The highest BCUT2D eigenvalue weighted by atomic mass is 32.2. The summed E-state index contributed by atoms with van der Waals surface area (Å²) in [6, 6.07) is -1.38. The highest BCUT2D eigenvalue weighted by molar-refractivity contribution is 8.00. The summed E-state index contributed by atoms with van der Waals surface area (Å²) in [5, 5.41) is 34.6. The first-order valence-electron chi connectivity index (χ1n) is 4.94. The second-order valence-electron chi connectivity index (χ2n) is 3.46. The molecular weight excluding hydrogens is 282 g/mol. The number of thioether (sulfide) groups is 1. The minimum atomic E-state index is -1.40. The Labute approximate surface area is 111 Å². The van der Waals surface area contributed by atoms with Gasteiger partial charge in [0.25, 0.3) is 0 Å². The number of nitrogens with zero attached hydrogens (tertiary/aromatic N) is 1. The summed E-state index contributed by atoms with van der Waals surface area (Å²) >= 11 is 0.772. The van der Waals surface area contributed by atoms with Crippen LogP contribution < -0.4 is 0 Å².